The van der Waals surface area contributed by atoms with Crippen molar-refractivity contribution in [3.63, 3.8) is 0 Å². The van der Waals surface area contributed by atoms with Crippen LogP contribution >= 0.6 is 0 Å². The zero-order valence-electron chi connectivity index (χ0n) is 15.2. The molecule has 2 heterocycles. The van der Waals surface area contributed by atoms with Gasteiger partial charge in [0.1, 0.15) is 11.1 Å². The molecule has 2 aliphatic carbocycles. The number of aromatic nitrogens is 3. The quantitative estimate of drug-likeness (QED) is 0.740. The van der Waals surface area contributed by atoms with E-state index >= 15 is 0 Å². The molecule has 0 aliphatic heterocycles. The summed E-state index contributed by atoms with van der Waals surface area (Å²) in [5.41, 5.74) is 0.816. The standard InChI is InChI=1S/C19H22N6O2/c1-11(25-17(26)15-5-14-16(8-21-15)24-10-23-14)7-22-18(27)19(9-20)6-12-2-3-13(19)4-12/h5,8,10-13H,2-4,6-7H2,1H3,(H,22,27)(H,23,24)(H,25,26)/t11-,12?,13?,19?/m1/s1. The molecule has 27 heavy (non-hydrogen) atoms. The molecule has 0 radical (unpaired) electrons. The molecule has 8 heteroatoms. The van der Waals surface area contributed by atoms with Gasteiger partial charge in [0.15, 0.2) is 0 Å². The fourth-order valence-electron chi connectivity index (χ4n) is 4.51. The van der Waals surface area contributed by atoms with Crippen LogP contribution in [0.25, 0.3) is 11.0 Å². The monoisotopic (exact) mass is 366 g/mol. The molecule has 4 atom stereocenters. The number of imidazole rings is 1. The van der Waals surface area contributed by atoms with Gasteiger partial charge in [0.05, 0.1) is 29.6 Å². The molecule has 0 saturated heterocycles. The van der Waals surface area contributed by atoms with Gasteiger partial charge in [-0.15, -0.1) is 0 Å². The number of carbonyl (C=O) groups is 2. The van der Waals surface area contributed by atoms with Gasteiger partial charge in [-0.2, -0.15) is 5.26 Å². The van der Waals surface area contributed by atoms with E-state index in [1.165, 1.54) is 0 Å². The Morgan fingerprint density at radius 3 is 3.00 bits per heavy atom. The highest BCUT2D eigenvalue weighted by Crippen LogP contribution is 2.55. The third-order valence-corrected chi connectivity index (χ3v) is 5.94. The van der Waals surface area contributed by atoms with E-state index in [0.717, 1.165) is 24.8 Å². The predicted molar refractivity (Wildman–Crippen MR) is 97.3 cm³/mol. The number of nitrogens with one attached hydrogen (secondary N) is 3. The predicted octanol–water partition coefficient (Wildman–Crippen LogP) is 1.52. The highest BCUT2D eigenvalue weighted by Gasteiger charge is 2.56. The maximum Gasteiger partial charge on any atom is 0.270 e. The second-order valence-electron chi connectivity index (χ2n) is 7.74. The molecule has 3 unspecified atom stereocenters. The summed E-state index contributed by atoms with van der Waals surface area (Å²) < 4.78 is 0. The molecule has 2 saturated carbocycles. The summed E-state index contributed by atoms with van der Waals surface area (Å²) in [6, 6.07) is 3.63. The minimum atomic E-state index is -0.890. The summed E-state index contributed by atoms with van der Waals surface area (Å²) in [6.07, 6.45) is 6.84. The minimum absolute atomic E-state index is 0.169. The largest absolute Gasteiger partial charge is 0.353 e. The Hall–Kier alpha value is -2.95. The lowest BCUT2D eigenvalue weighted by Gasteiger charge is -2.30. The third-order valence-electron chi connectivity index (χ3n) is 5.94. The fraction of sp³-hybridized carbons (Fsp3) is 0.526. The van der Waals surface area contributed by atoms with Crippen LogP contribution in [0.3, 0.4) is 0 Å². The lowest BCUT2D eigenvalue weighted by molar-refractivity contribution is -0.130. The van der Waals surface area contributed by atoms with E-state index in [9.17, 15) is 14.9 Å². The first-order chi connectivity index (χ1) is 13.0. The molecule has 4 rings (SSSR count). The molecular weight excluding hydrogens is 344 g/mol. The van der Waals surface area contributed by atoms with Gasteiger partial charge in [0.25, 0.3) is 5.91 Å². The Balaban J connectivity index is 1.34. The van der Waals surface area contributed by atoms with Crippen molar-refractivity contribution in [2.24, 2.45) is 17.3 Å². The molecule has 8 nitrogen and oxygen atoms in total. The second-order valence-corrected chi connectivity index (χ2v) is 7.74. The molecule has 3 N–H and O–H groups in total. The SMILES string of the molecule is C[C@H](CNC(=O)C1(C#N)CC2CCC1C2)NC(=O)c1cc2nc[nH]c2cn1. The lowest BCUT2D eigenvalue weighted by Crippen LogP contribution is -2.48. The van der Waals surface area contributed by atoms with Gasteiger partial charge in [0, 0.05) is 12.6 Å². The molecule has 2 aromatic heterocycles. The Bertz CT molecular complexity index is 932. The van der Waals surface area contributed by atoms with Gasteiger partial charge in [0.2, 0.25) is 5.91 Å². The van der Waals surface area contributed by atoms with Crippen molar-refractivity contribution in [3.05, 3.63) is 24.3 Å². The van der Waals surface area contributed by atoms with E-state index in [1.807, 2.05) is 6.92 Å². The number of H-pyrrole nitrogens is 1. The molecule has 0 aromatic carbocycles. The van der Waals surface area contributed by atoms with Crippen LogP contribution < -0.4 is 10.6 Å². The van der Waals surface area contributed by atoms with Gasteiger partial charge < -0.3 is 15.6 Å². The highest BCUT2D eigenvalue weighted by atomic mass is 16.2. The van der Waals surface area contributed by atoms with Gasteiger partial charge in [-0.3, -0.25) is 9.59 Å². The normalized spacial score (nSPS) is 27.3. The minimum Gasteiger partial charge on any atom is -0.353 e. The maximum atomic E-state index is 12.7. The van der Waals surface area contributed by atoms with Crippen LogP contribution in [0.2, 0.25) is 0 Å². The van der Waals surface area contributed by atoms with Crippen molar-refractivity contribution >= 4 is 22.8 Å². The first-order valence-corrected chi connectivity index (χ1v) is 9.31. The Labute approximate surface area is 156 Å². The summed E-state index contributed by atoms with van der Waals surface area (Å²) in [6.45, 7) is 2.08. The van der Waals surface area contributed by atoms with E-state index in [4.69, 9.17) is 0 Å². The van der Waals surface area contributed by atoms with Crippen molar-refractivity contribution < 1.29 is 9.59 Å². The van der Waals surface area contributed by atoms with Gasteiger partial charge in [-0.1, -0.05) is 6.42 Å². The number of hydrogen-bond donors (Lipinski definition) is 3. The van der Waals surface area contributed by atoms with Crippen LogP contribution in [-0.4, -0.2) is 39.4 Å². The van der Waals surface area contributed by atoms with Crippen molar-refractivity contribution in [3.8, 4) is 6.07 Å². The van der Waals surface area contributed by atoms with E-state index < -0.39 is 5.41 Å². The maximum absolute atomic E-state index is 12.7. The number of aromatic amines is 1. The molecule has 0 spiro atoms. The van der Waals surface area contributed by atoms with Crippen molar-refractivity contribution in [1.29, 1.82) is 5.26 Å². The topological polar surface area (TPSA) is 124 Å². The number of hydrogen-bond acceptors (Lipinski definition) is 5. The number of carbonyl (C=O) groups excluding carboxylic acids is 2. The molecule has 140 valence electrons. The van der Waals surface area contributed by atoms with Crippen LogP contribution in [0.15, 0.2) is 18.6 Å². The zero-order chi connectivity index (χ0) is 19.0. The lowest BCUT2D eigenvalue weighted by atomic mass is 9.73. The van der Waals surface area contributed by atoms with E-state index in [0.29, 0.717) is 17.9 Å². The van der Waals surface area contributed by atoms with E-state index in [1.54, 1.807) is 18.6 Å². The van der Waals surface area contributed by atoms with Gasteiger partial charge in [-0.25, -0.2) is 9.97 Å². The van der Waals surface area contributed by atoms with Crippen LogP contribution in [0.5, 0.6) is 0 Å². The fourth-order valence-corrected chi connectivity index (χ4v) is 4.51. The van der Waals surface area contributed by atoms with E-state index in [2.05, 4.69) is 31.7 Å². The van der Waals surface area contributed by atoms with Gasteiger partial charge >= 0.3 is 0 Å². The van der Waals surface area contributed by atoms with Crippen molar-refractivity contribution in [1.82, 2.24) is 25.6 Å². The number of rotatable bonds is 5. The molecule has 2 bridgehead atoms. The number of fused-ring (bicyclic) bond motifs is 3. The summed E-state index contributed by atoms with van der Waals surface area (Å²) in [4.78, 5) is 36.2. The molecule has 2 fully saturated rings. The summed E-state index contributed by atoms with van der Waals surface area (Å²) in [5.74, 6) is 0.147. The number of nitrogens with zero attached hydrogens (tertiary/aromatic N) is 3. The highest BCUT2D eigenvalue weighted by molar-refractivity contribution is 5.95. The Morgan fingerprint density at radius 2 is 2.30 bits per heavy atom. The van der Waals surface area contributed by atoms with Gasteiger partial charge in [-0.05, 0) is 44.1 Å². The van der Waals surface area contributed by atoms with Crippen molar-refractivity contribution in [2.75, 3.05) is 6.54 Å². The Morgan fingerprint density at radius 1 is 1.44 bits per heavy atom. The second kappa shape index (κ2) is 6.65. The van der Waals surface area contributed by atoms with E-state index in [-0.39, 0.29) is 36.0 Å². The number of nitriles is 1. The summed E-state index contributed by atoms with van der Waals surface area (Å²) >= 11 is 0. The zero-order valence-corrected chi connectivity index (χ0v) is 15.2. The number of pyridine rings is 1. The smallest absolute Gasteiger partial charge is 0.270 e. The molecular formula is C19H22N6O2. The molecule has 2 aromatic rings. The Kier molecular flexibility index (Phi) is 4.30. The number of amides is 2. The van der Waals surface area contributed by atoms with Crippen LogP contribution in [0.1, 0.15) is 43.1 Å². The van der Waals surface area contributed by atoms with Crippen LogP contribution in [0, 0.1) is 28.6 Å². The molecule has 2 amide bonds. The average molecular weight is 366 g/mol. The third kappa shape index (κ3) is 3.03. The summed E-state index contributed by atoms with van der Waals surface area (Å²) in [7, 11) is 0. The first kappa shape index (κ1) is 17.5. The molecule has 2 aliphatic rings. The van der Waals surface area contributed by atoms with Crippen molar-refractivity contribution in [2.45, 2.75) is 38.6 Å². The average Bonchev–Trinajstić information content (AvgIpc) is 3.40. The summed E-state index contributed by atoms with van der Waals surface area (Å²) in [5, 5.41) is 15.3. The first-order valence-electron chi connectivity index (χ1n) is 9.31. The van der Waals surface area contributed by atoms with Crippen LogP contribution in [0.4, 0.5) is 0 Å². The van der Waals surface area contributed by atoms with Crippen LogP contribution in [-0.2, 0) is 4.79 Å².